The Bertz CT molecular complexity index is 733. The third kappa shape index (κ3) is 4.52. The van der Waals surface area contributed by atoms with Gasteiger partial charge < -0.3 is 15.1 Å². The van der Waals surface area contributed by atoms with E-state index in [1.54, 1.807) is 0 Å². The van der Waals surface area contributed by atoms with E-state index in [0.717, 1.165) is 62.5 Å². The number of aryl methyl sites for hydroxylation is 2. The Morgan fingerprint density at radius 2 is 2.00 bits per heavy atom. The second-order valence-electron chi connectivity index (χ2n) is 6.47. The molecule has 0 saturated carbocycles. The first-order valence-corrected chi connectivity index (χ1v) is 10.1. The average molecular weight is 373 g/mol. The Labute approximate surface area is 160 Å². The van der Waals surface area contributed by atoms with E-state index >= 15 is 0 Å². The van der Waals surface area contributed by atoms with Crippen LogP contribution in [0.25, 0.3) is 0 Å². The number of nitrogens with zero attached hydrogens (tertiary/aromatic N) is 5. The van der Waals surface area contributed by atoms with Gasteiger partial charge in [0.15, 0.2) is 5.96 Å². The highest BCUT2D eigenvalue weighted by molar-refractivity contribution is 7.09. The van der Waals surface area contributed by atoms with Gasteiger partial charge in [0.25, 0.3) is 0 Å². The van der Waals surface area contributed by atoms with Crippen LogP contribution in [0, 0.1) is 6.92 Å². The molecule has 1 aliphatic rings. The summed E-state index contributed by atoms with van der Waals surface area (Å²) in [5, 5.41) is 4.56. The number of guanidine groups is 1. The highest BCUT2D eigenvalue weighted by Gasteiger charge is 2.21. The summed E-state index contributed by atoms with van der Waals surface area (Å²) in [5.41, 5.74) is 2.74. The fraction of sp³-hybridized carbons (Fsp3) is 0.526. The van der Waals surface area contributed by atoms with Crippen molar-refractivity contribution in [3.63, 3.8) is 0 Å². The lowest BCUT2D eigenvalue weighted by atomic mass is 10.1. The number of piperazine rings is 1. The molecule has 1 fully saturated rings. The van der Waals surface area contributed by atoms with E-state index in [9.17, 15) is 0 Å². The van der Waals surface area contributed by atoms with Gasteiger partial charge in [0.1, 0.15) is 5.82 Å². The molecule has 7 heteroatoms. The number of anilines is 1. The maximum atomic E-state index is 4.60. The summed E-state index contributed by atoms with van der Waals surface area (Å²) in [7, 11) is 1.86. The number of hydrogen-bond donors (Lipinski definition) is 1. The number of rotatable bonds is 5. The summed E-state index contributed by atoms with van der Waals surface area (Å²) in [6.45, 7) is 8.97. The first kappa shape index (κ1) is 18.6. The first-order chi connectivity index (χ1) is 12.7. The Hall–Kier alpha value is -2.15. The molecule has 0 bridgehead atoms. The topological polar surface area (TPSA) is 56.7 Å². The molecule has 0 spiro atoms. The van der Waals surface area contributed by atoms with Crippen molar-refractivity contribution in [2.75, 3.05) is 44.7 Å². The van der Waals surface area contributed by atoms with Crippen molar-refractivity contribution in [1.29, 1.82) is 0 Å². The lowest BCUT2D eigenvalue weighted by Crippen LogP contribution is -2.52. The van der Waals surface area contributed by atoms with E-state index in [1.807, 2.05) is 7.05 Å². The highest BCUT2D eigenvalue weighted by Crippen LogP contribution is 2.19. The number of hydrogen-bond acceptors (Lipinski definition) is 5. The summed E-state index contributed by atoms with van der Waals surface area (Å²) in [4.78, 5) is 13.7. The van der Waals surface area contributed by atoms with Crippen LogP contribution in [0.2, 0.25) is 0 Å². The lowest BCUT2D eigenvalue weighted by Gasteiger charge is -2.36. The quantitative estimate of drug-likeness (QED) is 0.645. The Balaban J connectivity index is 1.48. The van der Waals surface area contributed by atoms with Crippen molar-refractivity contribution < 1.29 is 0 Å². The van der Waals surface area contributed by atoms with E-state index in [4.69, 9.17) is 0 Å². The molecule has 0 aliphatic carbocycles. The van der Waals surface area contributed by atoms with Crippen LogP contribution in [0.5, 0.6) is 0 Å². The number of benzene rings is 1. The largest absolute Gasteiger partial charge is 0.356 e. The molecule has 0 atom stereocenters. The summed E-state index contributed by atoms with van der Waals surface area (Å²) in [6.07, 6.45) is 1.91. The van der Waals surface area contributed by atoms with E-state index < -0.39 is 0 Å². The SMILES string of the molecule is CCc1nsc(N2CCN(C(=NC)NCCc3ccccc3C)CC2)n1. The molecule has 0 amide bonds. The third-order valence-corrected chi connectivity index (χ3v) is 5.59. The van der Waals surface area contributed by atoms with Crippen molar-refractivity contribution in [3.05, 3.63) is 41.2 Å². The summed E-state index contributed by atoms with van der Waals surface area (Å²) in [6, 6.07) is 8.56. The van der Waals surface area contributed by atoms with Crippen LogP contribution in [-0.2, 0) is 12.8 Å². The fourth-order valence-electron chi connectivity index (χ4n) is 3.16. The zero-order valence-electron chi connectivity index (χ0n) is 15.9. The van der Waals surface area contributed by atoms with E-state index in [-0.39, 0.29) is 0 Å². The van der Waals surface area contributed by atoms with Gasteiger partial charge in [-0.05, 0) is 24.5 Å². The van der Waals surface area contributed by atoms with Gasteiger partial charge in [0.2, 0.25) is 5.13 Å². The maximum Gasteiger partial charge on any atom is 0.205 e. The molecule has 0 unspecified atom stereocenters. The minimum atomic E-state index is 0.897. The first-order valence-electron chi connectivity index (χ1n) is 9.29. The Morgan fingerprint density at radius 1 is 1.23 bits per heavy atom. The van der Waals surface area contributed by atoms with Crippen molar-refractivity contribution in [3.8, 4) is 0 Å². The van der Waals surface area contributed by atoms with Gasteiger partial charge in [-0.3, -0.25) is 4.99 Å². The molecule has 2 heterocycles. The summed E-state index contributed by atoms with van der Waals surface area (Å²) >= 11 is 1.51. The monoisotopic (exact) mass is 372 g/mol. The number of aromatic nitrogens is 2. The molecule has 1 saturated heterocycles. The normalized spacial score (nSPS) is 15.4. The second-order valence-corrected chi connectivity index (χ2v) is 7.20. The van der Waals surface area contributed by atoms with Crippen molar-refractivity contribution in [2.45, 2.75) is 26.7 Å². The maximum absolute atomic E-state index is 4.60. The predicted molar refractivity (Wildman–Crippen MR) is 109 cm³/mol. The molecule has 3 rings (SSSR count). The van der Waals surface area contributed by atoms with E-state index in [0.29, 0.717) is 0 Å². The molecule has 1 aliphatic heterocycles. The van der Waals surface area contributed by atoms with Crippen LogP contribution >= 0.6 is 11.5 Å². The zero-order chi connectivity index (χ0) is 18.4. The van der Waals surface area contributed by atoms with Crippen LogP contribution < -0.4 is 10.2 Å². The Kier molecular flexibility index (Phi) is 6.44. The van der Waals surface area contributed by atoms with E-state index in [1.165, 1.54) is 22.7 Å². The molecule has 6 nitrogen and oxygen atoms in total. The molecule has 1 aromatic carbocycles. The molecular formula is C19H28N6S. The molecule has 2 aromatic rings. The lowest BCUT2D eigenvalue weighted by molar-refractivity contribution is 0.372. The molecule has 140 valence electrons. The van der Waals surface area contributed by atoms with Gasteiger partial charge in [0.05, 0.1) is 0 Å². The van der Waals surface area contributed by atoms with Crippen LogP contribution in [0.15, 0.2) is 29.3 Å². The zero-order valence-corrected chi connectivity index (χ0v) is 16.7. The van der Waals surface area contributed by atoms with Crippen molar-refractivity contribution in [1.82, 2.24) is 19.6 Å². The minimum Gasteiger partial charge on any atom is -0.356 e. The second kappa shape index (κ2) is 8.98. The fourth-order valence-corrected chi connectivity index (χ4v) is 3.96. The molecule has 1 aromatic heterocycles. The van der Waals surface area contributed by atoms with Crippen molar-refractivity contribution in [2.24, 2.45) is 4.99 Å². The van der Waals surface area contributed by atoms with Gasteiger partial charge in [-0.1, -0.05) is 31.2 Å². The minimum absolute atomic E-state index is 0.897. The van der Waals surface area contributed by atoms with E-state index in [2.05, 4.69) is 67.6 Å². The molecular weight excluding hydrogens is 344 g/mol. The molecule has 0 radical (unpaired) electrons. The molecule has 1 N–H and O–H groups in total. The number of nitrogens with one attached hydrogen (secondary N) is 1. The van der Waals surface area contributed by atoms with Gasteiger partial charge in [0, 0.05) is 57.7 Å². The summed E-state index contributed by atoms with van der Waals surface area (Å²) < 4.78 is 4.40. The van der Waals surface area contributed by atoms with Crippen LogP contribution in [0.3, 0.4) is 0 Å². The number of aliphatic imine (C=N–C) groups is 1. The van der Waals surface area contributed by atoms with Gasteiger partial charge in [-0.15, -0.1) is 0 Å². The van der Waals surface area contributed by atoms with Crippen LogP contribution in [0.1, 0.15) is 23.9 Å². The van der Waals surface area contributed by atoms with Gasteiger partial charge >= 0.3 is 0 Å². The average Bonchev–Trinajstić information content (AvgIpc) is 3.16. The predicted octanol–water partition coefficient (Wildman–Crippen LogP) is 2.35. The Morgan fingerprint density at radius 3 is 2.65 bits per heavy atom. The van der Waals surface area contributed by atoms with Gasteiger partial charge in [-0.25, -0.2) is 4.98 Å². The standard InChI is InChI=1S/C19H28N6S/c1-4-17-22-19(26-23-17)25-13-11-24(12-14-25)18(20-3)21-10-9-16-8-6-5-7-15(16)2/h5-8H,4,9-14H2,1-3H3,(H,20,21). The summed E-state index contributed by atoms with van der Waals surface area (Å²) in [5.74, 6) is 1.94. The third-order valence-electron chi connectivity index (χ3n) is 4.77. The van der Waals surface area contributed by atoms with Crippen LogP contribution in [0.4, 0.5) is 5.13 Å². The van der Waals surface area contributed by atoms with Gasteiger partial charge in [-0.2, -0.15) is 4.37 Å². The smallest absolute Gasteiger partial charge is 0.205 e. The molecule has 26 heavy (non-hydrogen) atoms. The van der Waals surface area contributed by atoms with Crippen LogP contribution in [-0.4, -0.2) is 60.0 Å². The van der Waals surface area contributed by atoms with Crippen molar-refractivity contribution >= 4 is 22.6 Å². The highest BCUT2D eigenvalue weighted by atomic mass is 32.1.